The van der Waals surface area contributed by atoms with Crippen molar-refractivity contribution in [1.82, 2.24) is 0 Å². The first-order chi connectivity index (χ1) is 17.0. The summed E-state index contributed by atoms with van der Waals surface area (Å²) in [6.07, 6.45) is 11.4. The van der Waals surface area contributed by atoms with Crippen molar-refractivity contribution in [2.45, 2.75) is 98.4 Å². The van der Waals surface area contributed by atoms with Crippen LogP contribution in [0, 0.1) is 28.1 Å². The number of aliphatic hydroxyl groups excluding tert-OH is 1. The minimum atomic E-state index is -1.19. The largest absolute Gasteiger partial charge is 0.481 e. The number of rotatable bonds is 7. The molecular weight excluding hydrogens is 468 g/mol. The zero-order valence-corrected chi connectivity index (χ0v) is 23.8. The molecule has 0 aromatic rings. The monoisotopic (exact) mass is 514 g/mol. The number of ether oxygens (including phenoxy) is 1. The van der Waals surface area contributed by atoms with E-state index < -0.39 is 29.2 Å². The topological polar surface area (TPSA) is 104 Å². The van der Waals surface area contributed by atoms with E-state index in [2.05, 4.69) is 13.8 Å². The van der Waals surface area contributed by atoms with Gasteiger partial charge in [-0.3, -0.25) is 9.59 Å². The molecule has 37 heavy (non-hydrogen) atoms. The number of fused-ring (bicyclic) bond motifs is 3. The van der Waals surface area contributed by atoms with E-state index in [1.54, 1.807) is 27.9 Å². The smallest absolute Gasteiger partial charge is 0.312 e. The van der Waals surface area contributed by atoms with E-state index in [1.807, 2.05) is 44.2 Å². The van der Waals surface area contributed by atoms with Gasteiger partial charge in [-0.05, 0) is 83.1 Å². The molecule has 3 N–H and O–H groups in total. The first kappa shape index (κ1) is 29.5. The standard InChI is InChI=1S/C31H46O6/c1-19(12-13-25(37-8)28(3,4)36)10-9-11-20(2)26-21(32)18-23-29(5)17-15-24(33)31(7,27(34)35)22(29)14-16-30(23,26)6/h9-13,22-25,33,36H,14-18H2,1-8H3,(H,34,35)/b11-9+,13-12+,19-10+,26-20-/t22-,23+,24-,25?,29+,30+,31-/m1/s1. The third-order valence-electron chi connectivity index (χ3n) is 9.97. The van der Waals surface area contributed by atoms with Crippen molar-refractivity contribution in [3.8, 4) is 0 Å². The molecule has 0 spiro atoms. The molecule has 3 fully saturated rings. The summed E-state index contributed by atoms with van der Waals surface area (Å²) in [7, 11) is 1.57. The molecule has 7 atom stereocenters. The van der Waals surface area contributed by atoms with Gasteiger partial charge in [-0.15, -0.1) is 0 Å². The number of methoxy groups -OCH3 is 1. The Labute approximate surface area is 222 Å². The predicted molar refractivity (Wildman–Crippen MR) is 145 cm³/mol. The number of allylic oxidation sites excluding steroid dienone is 7. The van der Waals surface area contributed by atoms with E-state index in [9.17, 15) is 24.9 Å². The number of aliphatic carboxylic acids is 1. The number of carboxylic acid groups (broad SMARTS) is 1. The summed E-state index contributed by atoms with van der Waals surface area (Å²) in [4.78, 5) is 25.8. The maximum atomic E-state index is 13.4. The summed E-state index contributed by atoms with van der Waals surface area (Å²) in [5.74, 6) is -0.883. The van der Waals surface area contributed by atoms with E-state index in [-0.39, 0.29) is 28.4 Å². The number of carboxylic acids is 1. The SMILES string of the molecule is COC(/C=C/C(C)=C/C=C/C(C)=C1/C(=O)C[C@H]2[C@@]3(C)CC[C@@H](O)[C@](C)(C(=O)O)[C@@H]3CC[C@]12C)C(C)(C)O. The van der Waals surface area contributed by atoms with Crippen LogP contribution < -0.4 is 0 Å². The van der Waals surface area contributed by atoms with Crippen molar-refractivity contribution < 1.29 is 29.6 Å². The zero-order valence-electron chi connectivity index (χ0n) is 23.8. The molecular formula is C31H46O6. The highest BCUT2D eigenvalue weighted by atomic mass is 16.5. The summed E-state index contributed by atoms with van der Waals surface area (Å²) >= 11 is 0. The van der Waals surface area contributed by atoms with E-state index in [0.29, 0.717) is 19.3 Å². The fourth-order valence-corrected chi connectivity index (χ4v) is 7.88. The normalized spacial score (nSPS) is 39.1. The third kappa shape index (κ3) is 5.05. The van der Waals surface area contributed by atoms with Crippen molar-refractivity contribution >= 4 is 11.8 Å². The number of Topliss-reactive ketones (excluding diaryl/α,β-unsaturated/α-hetero) is 1. The molecule has 0 heterocycles. The molecule has 3 aliphatic rings. The van der Waals surface area contributed by atoms with Crippen LogP contribution in [-0.2, 0) is 14.3 Å². The fraction of sp³-hybridized carbons (Fsp3) is 0.677. The molecule has 1 unspecified atom stereocenters. The molecule has 0 bridgehead atoms. The van der Waals surface area contributed by atoms with Gasteiger partial charge in [0.2, 0.25) is 0 Å². The number of carbonyl (C=O) groups is 2. The van der Waals surface area contributed by atoms with Crippen molar-refractivity contribution in [1.29, 1.82) is 0 Å². The Morgan fingerprint density at radius 2 is 1.76 bits per heavy atom. The van der Waals surface area contributed by atoms with Crippen LogP contribution in [0.2, 0.25) is 0 Å². The molecule has 3 aliphatic carbocycles. The van der Waals surface area contributed by atoms with Crippen molar-refractivity contribution in [2.75, 3.05) is 7.11 Å². The third-order valence-corrected chi connectivity index (χ3v) is 9.97. The Balaban J connectivity index is 1.88. The molecule has 206 valence electrons. The number of ketones is 1. The minimum Gasteiger partial charge on any atom is -0.481 e. The Hall–Kier alpha value is -2.02. The lowest BCUT2D eigenvalue weighted by Gasteiger charge is -2.61. The van der Waals surface area contributed by atoms with Gasteiger partial charge in [0.1, 0.15) is 6.10 Å². The highest BCUT2D eigenvalue weighted by molar-refractivity contribution is 6.01. The lowest BCUT2D eigenvalue weighted by molar-refractivity contribution is -0.194. The second-order valence-electron chi connectivity index (χ2n) is 12.8. The molecule has 3 rings (SSSR count). The van der Waals surface area contributed by atoms with Crippen LogP contribution in [0.25, 0.3) is 0 Å². The Bertz CT molecular complexity index is 1040. The molecule has 6 nitrogen and oxygen atoms in total. The molecule has 3 saturated carbocycles. The Morgan fingerprint density at radius 3 is 2.32 bits per heavy atom. The molecule has 0 aliphatic heterocycles. The number of hydrogen-bond acceptors (Lipinski definition) is 5. The average Bonchev–Trinajstić information content (AvgIpc) is 3.07. The van der Waals surface area contributed by atoms with Crippen LogP contribution in [-0.4, -0.2) is 52.0 Å². The van der Waals surface area contributed by atoms with Gasteiger partial charge in [0, 0.05) is 24.5 Å². The maximum absolute atomic E-state index is 13.4. The van der Waals surface area contributed by atoms with Gasteiger partial charge in [0.15, 0.2) is 5.78 Å². The maximum Gasteiger partial charge on any atom is 0.312 e. The van der Waals surface area contributed by atoms with Gasteiger partial charge in [0.25, 0.3) is 0 Å². The van der Waals surface area contributed by atoms with Crippen LogP contribution >= 0.6 is 0 Å². The predicted octanol–water partition coefficient (Wildman–Crippen LogP) is 5.40. The quantitative estimate of drug-likeness (QED) is 0.310. The van der Waals surface area contributed by atoms with Crippen molar-refractivity contribution in [3.63, 3.8) is 0 Å². The summed E-state index contributed by atoms with van der Waals surface area (Å²) in [5.41, 5.74) is 0.0137. The fourth-order valence-electron chi connectivity index (χ4n) is 7.88. The Morgan fingerprint density at radius 1 is 1.11 bits per heavy atom. The van der Waals surface area contributed by atoms with Crippen molar-refractivity contribution in [3.05, 3.63) is 47.1 Å². The van der Waals surface area contributed by atoms with Gasteiger partial charge in [-0.1, -0.05) is 49.8 Å². The lowest BCUT2D eigenvalue weighted by Crippen LogP contribution is -2.61. The van der Waals surface area contributed by atoms with Crippen LogP contribution in [0.3, 0.4) is 0 Å². The van der Waals surface area contributed by atoms with Crippen molar-refractivity contribution in [2.24, 2.45) is 28.1 Å². The number of hydrogen-bond donors (Lipinski definition) is 3. The van der Waals surface area contributed by atoms with Crippen LogP contribution in [0.4, 0.5) is 0 Å². The minimum absolute atomic E-state index is 0.0591. The van der Waals surface area contributed by atoms with Gasteiger partial charge >= 0.3 is 5.97 Å². The van der Waals surface area contributed by atoms with Crippen LogP contribution in [0.1, 0.15) is 80.6 Å². The second kappa shape index (κ2) is 10.3. The molecule has 0 saturated heterocycles. The molecule has 0 radical (unpaired) electrons. The van der Waals surface area contributed by atoms with Crippen LogP contribution in [0.5, 0.6) is 0 Å². The van der Waals surface area contributed by atoms with Gasteiger partial charge in [0.05, 0.1) is 17.1 Å². The highest BCUT2D eigenvalue weighted by Gasteiger charge is 2.67. The first-order valence-corrected chi connectivity index (χ1v) is 13.5. The summed E-state index contributed by atoms with van der Waals surface area (Å²) in [6.45, 7) is 13.4. The van der Waals surface area contributed by atoms with E-state index in [4.69, 9.17) is 4.74 Å². The second-order valence-corrected chi connectivity index (χ2v) is 12.8. The summed E-state index contributed by atoms with van der Waals surface area (Å²) in [6, 6.07) is 0. The summed E-state index contributed by atoms with van der Waals surface area (Å²) in [5, 5.41) is 31.0. The number of aliphatic hydroxyl groups is 2. The number of carbonyl (C=O) groups excluding carboxylic acids is 1. The molecule has 0 aromatic heterocycles. The van der Waals surface area contributed by atoms with Gasteiger partial charge in [-0.25, -0.2) is 0 Å². The average molecular weight is 515 g/mol. The molecule has 0 amide bonds. The molecule has 6 heteroatoms. The lowest BCUT2D eigenvalue weighted by atomic mass is 9.43. The van der Waals surface area contributed by atoms with Gasteiger partial charge in [-0.2, -0.15) is 0 Å². The first-order valence-electron chi connectivity index (χ1n) is 13.5. The molecule has 0 aromatic carbocycles. The van der Waals surface area contributed by atoms with E-state index >= 15 is 0 Å². The Kier molecular flexibility index (Phi) is 8.20. The highest BCUT2D eigenvalue weighted by Crippen LogP contribution is 2.69. The van der Waals surface area contributed by atoms with Crippen LogP contribution in [0.15, 0.2) is 47.1 Å². The zero-order chi connectivity index (χ0) is 28.0. The summed E-state index contributed by atoms with van der Waals surface area (Å²) < 4.78 is 5.35. The van der Waals surface area contributed by atoms with E-state index in [0.717, 1.165) is 29.6 Å². The van der Waals surface area contributed by atoms with E-state index in [1.165, 1.54) is 0 Å². The van der Waals surface area contributed by atoms with Gasteiger partial charge < -0.3 is 20.1 Å².